The maximum Gasteiger partial charge on any atom is 0.256 e. The molecule has 0 aliphatic heterocycles. The van der Waals surface area contributed by atoms with Crippen LogP contribution in [0, 0.1) is 0 Å². The molecule has 0 aliphatic carbocycles. The number of nitrogens with one attached hydrogen (secondary N) is 2. The molecule has 14 heavy (non-hydrogen) atoms. The standard InChI is InChI=1S/C8H16BrN3O2/c1-2-3-4-6(8(14)12-10)11-7(13)5-9/h6H,2-5,10H2,1H3,(H,11,13)(H,12,14). The molecule has 0 rings (SSSR count). The minimum atomic E-state index is -0.523. The van der Waals surface area contributed by atoms with Crippen LogP contribution in [0.2, 0.25) is 0 Å². The summed E-state index contributed by atoms with van der Waals surface area (Å²) < 4.78 is 0. The van der Waals surface area contributed by atoms with Gasteiger partial charge in [-0.05, 0) is 6.42 Å². The number of unbranched alkanes of at least 4 members (excludes halogenated alkanes) is 1. The number of carbonyl (C=O) groups excluding carboxylic acids is 2. The van der Waals surface area contributed by atoms with E-state index in [4.69, 9.17) is 5.84 Å². The number of alkyl halides is 1. The second-order valence-corrected chi connectivity index (χ2v) is 3.47. The van der Waals surface area contributed by atoms with E-state index in [2.05, 4.69) is 21.2 Å². The summed E-state index contributed by atoms with van der Waals surface area (Å²) >= 11 is 3.01. The van der Waals surface area contributed by atoms with Crippen LogP contribution in [0.3, 0.4) is 0 Å². The zero-order valence-corrected chi connectivity index (χ0v) is 9.76. The molecule has 0 aliphatic rings. The molecule has 1 atom stereocenters. The van der Waals surface area contributed by atoms with Crippen molar-refractivity contribution in [1.82, 2.24) is 10.7 Å². The molecule has 0 saturated carbocycles. The van der Waals surface area contributed by atoms with Crippen molar-refractivity contribution in [3.63, 3.8) is 0 Å². The number of hydrogen-bond acceptors (Lipinski definition) is 3. The lowest BCUT2D eigenvalue weighted by Gasteiger charge is -2.15. The van der Waals surface area contributed by atoms with Gasteiger partial charge >= 0.3 is 0 Å². The van der Waals surface area contributed by atoms with Gasteiger partial charge in [0, 0.05) is 0 Å². The van der Waals surface area contributed by atoms with Crippen LogP contribution in [-0.2, 0) is 9.59 Å². The number of hydrogen-bond donors (Lipinski definition) is 3. The van der Waals surface area contributed by atoms with E-state index in [0.29, 0.717) is 6.42 Å². The van der Waals surface area contributed by atoms with Crippen molar-refractivity contribution in [3.8, 4) is 0 Å². The quantitative estimate of drug-likeness (QED) is 0.275. The number of rotatable bonds is 6. The second kappa shape index (κ2) is 7.75. The molecular weight excluding hydrogens is 250 g/mol. The van der Waals surface area contributed by atoms with Gasteiger partial charge in [0.25, 0.3) is 5.91 Å². The zero-order chi connectivity index (χ0) is 11.0. The van der Waals surface area contributed by atoms with E-state index in [0.717, 1.165) is 12.8 Å². The average Bonchev–Trinajstić information content (AvgIpc) is 2.22. The summed E-state index contributed by atoms with van der Waals surface area (Å²) in [5.41, 5.74) is 2.03. The largest absolute Gasteiger partial charge is 0.344 e. The Morgan fingerprint density at radius 2 is 2.14 bits per heavy atom. The Balaban J connectivity index is 4.09. The van der Waals surface area contributed by atoms with Gasteiger partial charge in [0.2, 0.25) is 5.91 Å². The fourth-order valence-electron chi connectivity index (χ4n) is 1.01. The predicted octanol–water partition coefficient (Wildman–Crippen LogP) is 0.0462. The van der Waals surface area contributed by atoms with Crippen molar-refractivity contribution < 1.29 is 9.59 Å². The maximum absolute atomic E-state index is 11.2. The molecule has 2 amide bonds. The number of carbonyl (C=O) groups is 2. The SMILES string of the molecule is CCCCC(NC(=O)CBr)C(=O)NN. The van der Waals surface area contributed by atoms with Gasteiger partial charge in [0.15, 0.2) is 0 Å². The first-order chi connectivity index (χ1) is 6.65. The molecular formula is C8H16BrN3O2. The Morgan fingerprint density at radius 1 is 1.50 bits per heavy atom. The van der Waals surface area contributed by atoms with Gasteiger partial charge in [0.05, 0.1) is 5.33 Å². The third-order valence-corrected chi connectivity index (χ3v) is 2.27. The summed E-state index contributed by atoms with van der Waals surface area (Å²) in [5.74, 6) is 4.43. The molecule has 0 aromatic rings. The molecule has 0 bridgehead atoms. The molecule has 6 heteroatoms. The van der Waals surface area contributed by atoms with E-state index in [9.17, 15) is 9.59 Å². The van der Waals surface area contributed by atoms with Crippen LogP contribution < -0.4 is 16.6 Å². The van der Waals surface area contributed by atoms with Gasteiger partial charge in [0.1, 0.15) is 6.04 Å². The van der Waals surface area contributed by atoms with Crippen LogP contribution in [0.5, 0.6) is 0 Å². The van der Waals surface area contributed by atoms with Crippen molar-refractivity contribution in [2.24, 2.45) is 5.84 Å². The molecule has 82 valence electrons. The number of halogens is 1. The molecule has 0 aromatic heterocycles. The lowest BCUT2D eigenvalue weighted by Crippen LogP contribution is -2.49. The van der Waals surface area contributed by atoms with Gasteiger partial charge in [-0.2, -0.15) is 0 Å². The summed E-state index contributed by atoms with van der Waals surface area (Å²) in [7, 11) is 0. The molecule has 0 radical (unpaired) electrons. The van der Waals surface area contributed by atoms with Gasteiger partial charge < -0.3 is 5.32 Å². The first-order valence-corrected chi connectivity index (χ1v) is 5.63. The van der Waals surface area contributed by atoms with E-state index < -0.39 is 6.04 Å². The van der Waals surface area contributed by atoms with Crippen LogP contribution in [0.25, 0.3) is 0 Å². The molecule has 0 spiro atoms. The van der Waals surface area contributed by atoms with E-state index in [1.54, 1.807) is 0 Å². The molecule has 0 saturated heterocycles. The van der Waals surface area contributed by atoms with Crippen LogP contribution in [0.1, 0.15) is 26.2 Å². The predicted molar refractivity (Wildman–Crippen MR) is 57.6 cm³/mol. The Kier molecular flexibility index (Phi) is 7.41. The maximum atomic E-state index is 11.2. The summed E-state index contributed by atoms with van der Waals surface area (Å²) in [6, 6.07) is -0.523. The van der Waals surface area contributed by atoms with Crippen LogP contribution >= 0.6 is 15.9 Å². The molecule has 5 nitrogen and oxygen atoms in total. The van der Waals surface area contributed by atoms with Crippen molar-refractivity contribution in [3.05, 3.63) is 0 Å². The minimum Gasteiger partial charge on any atom is -0.344 e. The van der Waals surface area contributed by atoms with Crippen LogP contribution in [0.4, 0.5) is 0 Å². The van der Waals surface area contributed by atoms with E-state index in [-0.39, 0.29) is 17.1 Å². The number of amides is 2. The third-order valence-electron chi connectivity index (χ3n) is 1.76. The normalized spacial score (nSPS) is 11.9. The molecule has 0 aromatic carbocycles. The minimum absolute atomic E-state index is 0.188. The third kappa shape index (κ3) is 5.18. The first kappa shape index (κ1) is 13.4. The van der Waals surface area contributed by atoms with Crippen LogP contribution in [-0.4, -0.2) is 23.2 Å². The molecule has 4 N–H and O–H groups in total. The van der Waals surface area contributed by atoms with Crippen molar-refractivity contribution in [2.75, 3.05) is 5.33 Å². The molecule has 0 heterocycles. The van der Waals surface area contributed by atoms with Gasteiger partial charge in [-0.25, -0.2) is 5.84 Å². The van der Waals surface area contributed by atoms with Gasteiger partial charge in [-0.15, -0.1) is 0 Å². The second-order valence-electron chi connectivity index (χ2n) is 2.90. The van der Waals surface area contributed by atoms with Gasteiger partial charge in [-0.3, -0.25) is 15.0 Å². The highest BCUT2D eigenvalue weighted by Gasteiger charge is 2.18. The summed E-state index contributed by atoms with van der Waals surface area (Å²) in [5, 5.41) is 2.76. The monoisotopic (exact) mass is 265 g/mol. The summed E-state index contributed by atoms with van der Waals surface area (Å²) in [6.07, 6.45) is 2.46. The summed E-state index contributed by atoms with van der Waals surface area (Å²) in [6.45, 7) is 2.02. The van der Waals surface area contributed by atoms with Crippen LogP contribution in [0.15, 0.2) is 0 Å². The molecule has 0 fully saturated rings. The smallest absolute Gasteiger partial charge is 0.256 e. The van der Waals surface area contributed by atoms with Crippen molar-refractivity contribution >= 4 is 27.7 Å². The van der Waals surface area contributed by atoms with Crippen molar-refractivity contribution in [1.29, 1.82) is 0 Å². The highest BCUT2D eigenvalue weighted by molar-refractivity contribution is 9.09. The van der Waals surface area contributed by atoms with Crippen molar-refractivity contribution in [2.45, 2.75) is 32.2 Å². The fraction of sp³-hybridized carbons (Fsp3) is 0.750. The fourth-order valence-corrected chi connectivity index (χ4v) is 1.17. The Bertz CT molecular complexity index is 199. The highest BCUT2D eigenvalue weighted by atomic mass is 79.9. The average molecular weight is 266 g/mol. The topological polar surface area (TPSA) is 84.2 Å². The Morgan fingerprint density at radius 3 is 2.57 bits per heavy atom. The highest BCUT2D eigenvalue weighted by Crippen LogP contribution is 2.00. The lowest BCUT2D eigenvalue weighted by molar-refractivity contribution is -0.128. The lowest BCUT2D eigenvalue weighted by atomic mass is 10.1. The van der Waals surface area contributed by atoms with E-state index in [1.807, 2.05) is 12.3 Å². The Labute approximate surface area is 91.9 Å². The number of nitrogens with two attached hydrogens (primary N) is 1. The number of hydrazine groups is 1. The summed E-state index contributed by atoms with van der Waals surface area (Å²) in [4.78, 5) is 22.2. The van der Waals surface area contributed by atoms with E-state index >= 15 is 0 Å². The Hall–Kier alpha value is -0.620. The van der Waals surface area contributed by atoms with Gasteiger partial charge in [-0.1, -0.05) is 35.7 Å². The first-order valence-electron chi connectivity index (χ1n) is 4.51. The zero-order valence-electron chi connectivity index (χ0n) is 8.18. The van der Waals surface area contributed by atoms with E-state index in [1.165, 1.54) is 0 Å². The molecule has 1 unspecified atom stereocenters.